The molecule has 90 valence electrons. The van der Waals surface area contributed by atoms with Crippen LogP contribution in [-0.2, 0) is 6.42 Å². The third kappa shape index (κ3) is 3.81. The molecule has 0 fully saturated rings. The SMILES string of the molecule is CCNC(C)CCc1ccc(OC)cc1F. The maximum atomic E-state index is 13.6. The van der Waals surface area contributed by atoms with Gasteiger partial charge in [-0.25, -0.2) is 4.39 Å². The Hall–Kier alpha value is -1.09. The van der Waals surface area contributed by atoms with Gasteiger partial charge in [0.05, 0.1) is 7.11 Å². The van der Waals surface area contributed by atoms with E-state index < -0.39 is 0 Å². The largest absolute Gasteiger partial charge is 0.497 e. The molecule has 1 atom stereocenters. The van der Waals surface area contributed by atoms with Crippen molar-refractivity contribution in [2.24, 2.45) is 0 Å². The van der Waals surface area contributed by atoms with Crippen LogP contribution in [0.3, 0.4) is 0 Å². The summed E-state index contributed by atoms with van der Waals surface area (Å²) in [4.78, 5) is 0. The number of methoxy groups -OCH3 is 1. The smallest absolute Gasteiger partial charge is 0.130 e. The average Bonchev–Trinajstić information content (AvgIpc) is 2.27. The molecule has 1 N–H and O–H groups in total. The molecule has 0 aliphatic carbocycles. The monoisotopic (exact) mass is 225 g/mol. The Morgan fingerprint density at radius 3 is 2.75 bits per heavy atom. The minimum absolute atomic E-state index is 0.178. The molecule has 3 heteroatoms. The van der Waals surface area contributed by atoms with Gasteiger partial charge in [-0.3, -0.25) is 0 Å². The molecule has 0 aliphatic heterocycles. The Bertz CT molecular complexity index is 328. The van der Waals surface area contributed by atoms with Crippen molar-refractivity contribution in [3.63, 3.8) is 0 Å². The zero-order valence-corrected chi connectivity index (χ0v) is 10.2. The van der Waals surface area contributed by atoms with Gasteiger partial charge in [-0.05, 0) is 37.9 Å². The maximum absolute atomic E-state index is 13.6. The van der Waals surface area contributed by atoms with E-state index in [-0.39, 0.29) is 5.82 Å². The first-order valence-corrected chi connectivity index (χ1v) is 5.73. The molecule has 0 radical (unpaired) electrons. The van der Waals surface area contributed by atoms with Gasteiger partial charge in [-0.15, -0.1) is 0 Å². The number of nitrogens with one attached hydrogen (secondary N) is 1. The third-order valence-electron chi connectivity index (χ3n) is 2.66. The van der Waals surface area contributed by atoms with Crippen molar-refractivity contribution in [1.82, 2.24) is 5.32 Å². The number of aryl methyl sites for hydroxylation is 1. The van der Waals surface area contributed by atoms with Crippen molar-refractivity contribution in [3.05, 3.63) is 29.6 Å². The van der Waals surface area contributed by atoms with Crippen LogP contribution in [0.25, 0.3) is 0 Å². The van der Waals surface area contributed by atoms with Gasteiger partial charge in [0.25, 0.3) is 0 Å². The van der Waals surface area contributed by atoms with Gasteiger partial charge in [-0.2, -0.15) is 0 Å². The highest BCUT2D eigenvalue weighted by Crippen LogP contribution is 2.17. The lowest BCUT2D eigenvalue weighted by Crippen LogP contribution is -2.25. The summed E-state index contributed by atoms with van der Waals surface area (Å²) in [6.07, 6.45) is 1.70. The number of rotatable bonds is 6. The summed E-state index contributed by atoms with van der Waals surface area (Å²) in [6.45, 7) is 5.14. The fourth-order valence-electron chi connectivity index (χ4n) is 1.68. The normalized spacial score (nSPS) is 12.5. The van der Waals surface area contributed by atoms with Crippen LogP contribution < -0.4 is 10.1 Å². The molecule has 1 aromatic rings. The Labute approximate surface area is 96.8 Å². The van der Waals surface area contributed by atoms with Crippen LogP contribution in [0.5, 0.6) is 5.75 Å². The molecule has 0 amide bonds. The van der Waals surface area contributed by atoms with E-state index in [2.05, 4.69) is 19.2 Å². The van der Waals surface area contributed by atoms with Crippen LogP contribution in [0.2, 0.25) is 0 Å². The summed E-state index contributed by atoms with van der Waals surface area (Å²) in [5.74, 6) is 0.393. The molecular formula is C13H20FNO. The molecule has 2 nitrogen and oxygen atoms in total. The van der Waals surface area contributed by atoms with Crippen LogP contribution in [0.4, 0.5) is 4.39 Å². The molecule has 0 aliphatic rings. The van der Waals surface area contributed by atoms with E-state index in [9.17, 15) is 4.39 Å². The predicted octanol–water partition coefficient (Wildman–Crippen LogP) is 2.76. The quantitative estimate of drug-likeness (QED) is 0.803. The van der Waals surface area contributed by atoms with Gasteiger partial charge >= 0.3 is 0 Å². The van der Waals surface area contributed by atoms with Crippen molar-refractivity contribution in [2.75, 3.05) is 13.7 Å². The predicted molar refractivity (Wildman–Crippen MR) is 64.4 cm³/mol. The number of hydrogen-bond acceptors (Lipinski definition) is 2. The van der Waals surface area contributed by atoms with Crippen LogP contribution in [0.15, 0.2) is 18.2 Å². The fraction of sp³-hybridized carbons (Fsp3) is 0.538. The molecule has 1 rings (SSSR count). The molecule has 0 saturated carbocycles. The van der Waals surface area contributed by atoms with Gasteiger partial charge in [0.2, 0.25) is 0 Å². The topological polar surface area (TPSA) is 21.3 Å². The first-order chi connectivity index (χ1) is 7.67. The summed E-state index contributed by atoms with van der Waals surface area (Å²) < 4.78 is 18.5. The number of ether oxygens (including phenoxy) is 1. The van der Waals surface area contributed by atoms with Crippen molar-refractivity contribution in [2.45, 2.75) is 32.7 Å². The lowest BCUT2D eigenvalue weighted by molar-refractivity contribution is 0.410. The molecule has 0 saturated heterocycles. The van der Waals surface area contributed by atoms with Crippen molar-refractivity contribution >= 4 is 0 Å². The number of benzene rings is 1. The lowest BCUT2D eigenvalue weighted by Gasteiger charge is -2.12. The van der Waals surface area contributed by atoms with Crippen LogP contribution in [0, 0.1) is 5.82 Å². The van der Waals surface area contributed by atoms with E-state index >= 15 is 0 Å². The molecule has 1 aromatic carbocycles. The van der Waals surface area contributed by atoms with E-state index in [0.29, 0.717) is 11.8 Å². The van der Waals surface area contributed by atoms with Crippen molar-refractivity contribution in [3.8, 4) is 5.75 Å². The highest BCUT2D eigenvalue weighted by Gasteiger charge is 2.06. The van der Waals surface area contributed by atoms with Gasteiger partial charge < -0.3 is 10.1 Å². The van der Waals surface area contributed by atoms with Gasteiger partial charge in [0.15, 0.2) is 0 Å². The zero-order valence-electron chi connectivity index (χ0n) is 10.2. The van der Waals surface area contributed by atoms with Gasteiger partial charge in [-0.1, -0.05) is 13.0 Å². The minimum atomic E-state index is -0.178. The molecule has 16 heavy (non-hydrogen) atoms. The maximum Gasteiger partial charge on any atom is 0.130 e. The Balaban J connectivity index is 2.54. The van der Waals surface area contributed by atoms with Crippen molar-refractivity contribution < 1.29 is 9.13 Å². The van der Waals surface area contributed by atoms with Gasteiger partial charge in [0, 0.05) is 12.1 Å². The zero-order chi connectivity index (χ0) is 12.0. The van der Waals surface area contributed by atoms with Crippen molar-refractivity contribution in [1.29, 1.82) is 0 Å². The standard InChI is InChI=1S/C13H20FNO/c1-4-15-10(2)5-6-11-7-8-12(16-3)9-13(11)14/h7-10,15H,4-6H2,1-3H3. The molecule has 0 spiro atoms. The number of halogens is 1. The van der Waals surface area contributed by atoms with Crippen LogP contribution in [-0.4, -0.2) is 19.7 Å². The summed E-state index contributed by atoms with van der Waals surface area (Å²) >= 11 is 0. The highest BCUT2D eigenvalue weighted by atomic mass is 19.1. The average molecular weight is 225 g/mol. The minimum Gasteiger partial charge on any atom is -0.497 e. The van der Waals surface area contributed by atoms with E-state index in [1.54, 1.807) is 19.2 Å². The molecular weight excluding hydrogens is 205 g/mol. The van der Waals surface area contributed by atoms with E-state index in [1.807, 2.05) is 0 Å². The van der Waals surface area contributed by atoms with E-state index in [0.717, 1.165) is 24.9 Å². The highest BCUT2D eigenvalue weighted by molar-refractivity contribution is 5.28. The first-order valence-electron chi connectivity index (χ1n) is 5.73. The number of hydrogen-bond donors (Lipinski definition) is 1. The second kappa shape index (κ2) is 6.48. The lowest BCUT2D eigenvalue weighted by atomic mass is 10.1. The summed E-state index contributed by atoms with van der Waals surface area (Å²) in [6, 6.07) is 5.46. The molecule has 0 bridgehead atoms. The first kappa shape index (κ1) is 13.0. The third-order valence-corrected chi connectivity index (χ3v) is 2.66. The molecule has 1 unspecified atom stereocenters. The summed E-state index contributed by atoms with van der Waals surface area (Å²) in [7, 11) is 1.54. The Kier molecular flexibility index (Phi) is 5.26. The van der Waals surface area contributed by atoms with E-state index in [4.69, 9.17) is 4.74 Å². The Morgan fingerprint density at radius 2 is 2.19 bits per heavy atom. The van der Waals surface area contributed by atoms with Crippen LogP contribution in [0.1, 0.15) is 25.8 Å². The summed E-state index contributed by atoms with van der Waals surface area (Å²) in [5.41, 5.74) is 0.755. The fourth-order valence-corrected chi connectivity index (χ4v) is 1.68. The second-order valence-corrected chi connectivity index (χ2v) is 3.95. The Morgan fingerprint density at radius 1 is 1.44 bits per heavy atom. The van der Waals surface area contributed by atoms with Gasteiger partial charge in [0.1, 0.15) is 11.6 Å². The second-order valence-electron chi connectivity index (χ2n) is 3.95. The van der Waals surface area contributed by atoms with E-state index in [1.165, 1.54) is 6.07 Å². The van der Waals surface area contributed by atoms with Crippen LogP contribution >= 0.6 is 0 Å². The summed E-state index contributed by atoms with van der Waals surface area (Å²) in [5, 5.41) is 3.31. The molecule has 0 aromatic heterocycles. The molecule has 0 heterocycles.